The highest BCUT2D eigenvalue weighted by molar-refractivity contribution is 5.46. The molecule has 5 nitrogen and oxygen atoms in total. The Morgan fingerprint density at radius 3 is 2.50 bits per heavy atom. The van der Waals surface area contributed by atoms with Crippen LogP contribution in [0.1, 0.15) is 11.1 Å². The van der Waals surface area contributed by atoms with Crippen molar-refractivity contribution in [3.05, 3.63) is 47.5 Å². The van der Waals surface area contributed by atoms with E-state index in [0.717, 1.165) is 29.8 Å². The normalized spacial score (nSPS) is 10.5. The summed E-state index contributed by atoms with van der Waals surface area (Å²) < 4.78 is 10.7. The summed E-state index contributed by atoms with van der Waals surface area (Å²) in [7, 11) is 3.24. The molecule has 3 N–H and O–H groups in total. The standard InChI is InChI=1S/C17H21NO4/c1-21-16-5-3-4-13(17(16)22-2)11-18-9-8-12-6-7-14(19)15(20)10-12/h3-7,10,18-20H,8-9,11H2,1-2H3. The maximum Gasteiger partial charge on any atom is 0.165 e. The molecule has 0 aliphatic heterocycles. The number of rotatable bonds is 7. The molecule has 5 heteroatoms. The second-order valence-corrected chi connectivity index (χ2v) is 4.90. The summed E-state index contributed by atoms with van der Waals surface area (Å²) in [5.41, 5.74) is 1.98. The molecule has 0 unspecified atom stereocenters. The van der Waals surface area contributed by atoms with Crippen LogP contribution in [0.25, 0.3) is 0 Å². The Morgan fingerprint density at radius 2 is 1.82 bits per heavy atom. The van der Waals surface area contributed by atoms with Crippen LogP contribution in [0.15, 0.2) is 36.4 Å². The predicted molar refractivity (Wildman–Crippen MR) is 84.7 cm³/mol. The van der Waals surface area contributed by atoms with Crippen LogP contribution in [-0.2, 0) is 13.0 Å². The number of hydrogen-bond donors (Lipinski definition) is 3. The fraction of sp³-hybridized carbons (Fsp3) is 0.294. The molecule has 118 valence electrons. The number of para-hydroxylation sites is 1. The fourth-order valence-electron chi connectivity index (χ4n) is 2.27. The molecule has 0 amide bonds. The predicted octanol–water partition coefficient (Wildman–Crippen LogP) is 2.45. The smallest absolute Gasteiger partial charge is 0.165 e. The van der Waals surface area contributed by atoms with Crippen molar-refractivity contribution in [3.8, 4) is 23.0 Å². The number of hydrogen-bond acceptors (Lipinski definition) is 5. The molecule has 0 aliphatic rings. The summed E-state index contributed by atoms with van der Waals surface area (Å²) in [5.74, 6) is 1.26. The molecule has 22 heavy (non-hydrogen) atoms. The van der Waals surface area contributed by atoms with Crippen LogP contribution in [0.3, 0.4) is 0 Å². The number of nitrogens with one attached hydrogen (secondary N) is 1. The SMILES string of the molecule is COc1cccc(CNCCc2ccc(O)c(O)c2)c1OC. The highest BCUT2D eigenvalue weighted by Crippen LogP contribution is 2.30. The zero-order chi connectivity index (χ0) is 15.9. The largest absolute Gasteiger partial charge is 0.504 e. The molecule has 0 aromatic heterocycles. The van der Waals surface area contributed by atoms with Crippen LogP contribution in [0, 0.1) is 0 Å². The van der Waals surface area contributed by atoms with E-state index in [4.69, 9.17) is 9.47 Å². The zero-order valence-corrected chi connectivity index (χ0v) is 12.8. The first-order chi connectivity index (χ1) is 10.7. The van der Waals surface area contributed by atoms with Gasteiger partial charge in [0.15, 0.2) is 23.0 Å². The Bertz CT molecular complexity index is 628. The molecule has 0 spiro atoms. The average Bonchev–Trinajstić information content (AvgIpc) is 2.54. The monoisotopic (exact) mass is 303 g/mol. The Hall–Kier alpha value is -2.40. The van der Waals surface area contributed by atoms with Gasteiger partial charge in [-0.25, -0.2) is 0 Å². The minimum Gasteiger partial charge on any atom is -0.504 e. The van der Waals surface area contributed by atoms with E-state index in [2.05, 4.69) is 5.32 Å². The molecule has 0 radical (unpaired) electrons. The number of ether oxygens (including phenoxy) is 2. The van der Waals surface area contributed by atoms with E-state index < -0.39 is 0 Å². The van der Waals surface area contributed by atoms with Crippen molar-refractivity contribution in [1.82, 2.24) is 5.32 Å². The molecular weight excluding hydrogens is 282 g/mol. The van der Waals surface area contributed by atoms with Crippen molar-refractivity contribution in [1.29, 1.82) is 0 Å². The van der Waals surface area contributed by atoms with E-state index in [0.29, 0.717) is 12.3 Å². The minimum absolute atomic E-state index is 0.0908. The van der Waals surface area contributed by atoms with Gasteiger partial charge in [0.1, 0.15) is 0 Å². The highest BCUT2D eigenvalue weighted by atomic mass is 16.5. The van der Waals surface area contributed by atoms with Crippen molar-refractivity contribution in [2.24, 2.45) is 0 Å². The van der Waals surface area contributed by atoms with E-state index in [1.165, 1.54) is 6.07 Å². The zero-order valence-electron chi connectivity index (χ0n) is 12.8. The summed E-state index contributed by atoms with van der Waals surface area (Å²) in [5, 5.41) is 22.1. The van der Waals surface area contributed by atoms with Crippen molar-refractivity contribution in [3.63, 3.8) is 0 Å². The second-order valence-electron chi connectivity index (χ2n) is 4.90. The first kappa shape index (κ1) is 16.0. The Balaban J connectivity index is 1.90. The molecule has 0 fully saturated rings. The summed E-state index contributed by atoms with van der Waals surface area (Å²) >= 11 is 0. The van der Waals surface area contributed by atoms with Gasteiger partial charge in [-0.05, 0) is 36.7 Å². The lowest BCUT2D eigenvalue weighted by molar-refractivity contribution is 0.350. The lowest BCUT2D eigenvalue weighted by atomic mass is 10.1. The van der Waals surface area contributed by atoms with Gasteiger partial charge in [-0.2, -0.15) is 0 Å². The highest BCUT2D eigenvalue weighted by Gasteiger charge is 2.08. The van der Waals surface area contributed by atoms with Crippen molar-refractivity contribution >= 4 is 0 Å². The first-order valence-electron chi connectivity index (χ1n) is 7.07. The summed E-state index contributed by atoms with van der Waals surface area (Å²) in [6.07, 6.45) is 0.750. The molecule has 2 aromatic rings. The molecule has 2 rings (SSSR count). The van der Waals surface area contributed by atoms with Gasteiger partial charge in [0.05, 0.1) is 14.2 Å². The van der Waals surface area contributed by atoms with Crippen molar-refractivity contribution in [2.75, 3.05) is 20.8 Å². The van der Waals surface area contributed by atoms with Gasteiger partial charge in [0.25, 0.3) is 0 Å². The van der Waals surface area contributed by atoms with Gasteiger partial charge in [-0.1, -0.05) is 18.2 Å². The van der Waals surface area contributed by atoms with E-state index in [1.807, 2.05) is 18.2 Å². The number of aromatic hydroxyl groups is 2. The van der Waals surface area contributed by atoms with Crippen LogP contribution in [0.2, 0.25) is 0 Å². The maximum atomic E-state index is 9.46. The molecule has 0 atom stereocenters. The van der Waals surface area contributed by atoms with E-state index in [1.54, 1.807) is 26.4 Å². The van der Waals surface area contributed by atoms with Crippen LogP contribution in [0.4, 0.5) is 0 Å². The number of methoxy groups -OCH3 is 2. The van der Waals surface area contributed by atoms with Crippen molar-refractivity contribution < 1.29 is 19.7 Å². The van der Waals surface area contributed by atoms with Crippen LogP contribution in [-0.4, -0.2) is 31.0 Å². The topological polar surface area (TPSA) is 71.0 Å². The molecular formula is C17H21NO4. The second kappa shape index (κ2) is 7.56. The summed E-state index contributed by atoms with van der Waals surface area (Å²) in [6, 6.07) is 10.6. The molecule has 2 aromatic carbocycles. The third-order valence-corrected chi connectivity index (χ3v) is 3.43. The average molecular weight is 303 g/mol. The van der Waals surface area contributed by atoms with E-state index in [9.17, 15) is 10.2 Å². The summed E-state index contributed by atoms with van der Waals surface area (Å²) in [4.78, 5) is 0. The van der Waals surface area contributed by atoms with Gasteiger partial charge in [-0.15, -0.1) is 0 Å². The first-order valence-corrected chi connectivity index (χ1v) is 7.07. The van der Waals surface area contributed by atoms with E-state index in [-0.39, 0.29) is 11.5 Å². The number of phenolic OH excluding ortho intramolecular Hbond substituents is 2. The third-order valence-electron chi connectivity index (χ3n) is 3.43. The number of phenols is 2. The van der Waals surface area contributed by atoms with E-state index >= 15 is 0 Å². The van der Waals surface area contributed by atoms with Gasteiger partial charge in [-0.3, -0.25) is 0 Å². The number of benzene rings is 2. The van der Waals surface area contributed by atoms with Crippen molar-refractivity contribution in [2.45, 2.75) is 13.0 Å². The van der Waals surface area contributed by atoms with Crippen LogP contribution in [0.5, 0.6) is 23.0 Å². The fourth-order valence-corrected chi connectivity index (χ4v) is 2.27. The Labute approximate surface area is 130 Å². The lowest BCUT2D eigenvalue weighted by Gasteiger charge is -2.13. The molecule has 0 saturated heterocycles. The third kappa shape index (κ3) is 3.83. The summed E-state index contributed by atoms with van der Waals surface area (Å²) in [6.45, 7) is 1.40. The van der Waals surface area contributed by atoms with Crippen LogP contribution < -0.4 is 14.8 Å². The molecule has 0 aliphatic carbocycles. The molecule has 0 bridgehead atoms. The molecule has 0 heterocycles. The quantitative estimate of drug-likeness (QED) is 0.541. The molecule has 0 saturated carbocycles. The maximum absolute atomic E-state index is 9.46. The van der Waals surface area contributed by atoms with Gasteiger partial charge in [0, 0.05) is 12.1 Å². The Morgan fingerprint density at radius 1 is 1.00 bits per heavy atom. The lowest BCUT2D eigenvalue weighted by Crippen LogP contribution is -2.17. The van der Waals surface area contributed by atoms with Gasteiger partial charge < -0.3 is 25.0 Å². The van der Waals surface area contributed by atoms with Crippen LogP contribution >= 0.6 is 0 Å². The van der Waals surface area contributed by atoms with Gasteiger partial charge >= 0.3 is 0 Å². The van der Waals surface area contributed by atoms with Gasteiger partial charge in [0.2, 0.25) is 0 Å². The Kier molecular flexibility index (Phi) is 5.49. The minimum atomic E-state index is -0.0992.